The van der Waals surface area contributed by atoms with Gasteiger partial charge in [0.1, 0.15) is 5.78 Å². The van der Waals surface area contributed by atoms with Crippen LogP contribution in [-0.4, -0.2) is 29.3 Å². The Hall–Kier alpha value is -0.370. The molecular weight excluding hydrogens is 186 g/mol. The molecule has 0 aromatic carbocycles. The summed E-state index contributed by atoms with van der Waals surface area (Å²) in [6, 6.07) is 1.76. The third-order valence-corrected chi connectivity index (χ3v) is 4.77. The third kappa shape index (κ3) is 1.73. The van der Waals surface area contributed by atoms with Crippen molar-refractivity contribution in [1.29, 1.82) is 0 Å². The van der Waals surface area contributed by atoms with E-state index in [9.17, 15) is 4.79 Å². The topological polar surface area (TPSA) is 20.3 Å². The number of rotatable bonds is 3. The molecule has 1 saturated carbocycles. The van der Waals surface area contributed by atoms with Crippen LogP contribution in [0.4, 0.5) is 0 Å². The Kier molecular flexibility index (Phi) is 2.55. The van der Waals surface area contributed by atoms with Crippen LogP contribution in [-0.2, 0) is 4.79 Å². The standard InChI is InChI=1S/C13H21NO/c15-13-3-1-2-10(13)8-9-14-11-4-5-12(14)7-6-11/h10-12H,1-9H2. The first kappa shape index (κ1) is 9.83. The van der Waals surface area contributed by atoms with Crippen molar-refractivity contribution in [3.8, 4) is 0 Å². The summed E-state index contributed by atoms with van der Waals surface area (Å²) < 4.78 is 0. The summed E-state index contributed by atoms with van der Waals surface area (Å²) in [5.41, 5.74) is 0. The molecule has 2 aliphatic heterocycles. The normalized spacial score (nSPS) is 40.5. The predicted molar refractivity (Wildman–Crippen MR) is 59.7 cm³/mol. The van der Waals surface area contributed by atoms with Gasteiger partial charge in [-0.2, -0.15) is 0 Å². The minimum absolute atomic E-state index is 0.421. The molecule has 1 unspecified atom stereocenters. The van der Waals surface area contributed by atoms with E-state index in [0.29, 0.717) is 11.7 Å². The van der Waals surface area contributed by atoms with Gasteiger partial charge in [-0.05, 0) is 51.5 Å². The van der Waals surface area contributed by atoms with Gasteiger partial charge in [0.05, 0.1) is 0 Å². The number of fused-ring (bicyclic) bond motifs is 2. The number of hydrogen-bond donors (Lipinski definition) is 0. The maximum absolute atomic E-state index is 11.5. The number of carbonyl (C=O) groups is 1. The minimum Gasteiger partial charge on any atom is -0.299 e. The lowest BCUT2D eigenvalue weighted by molar-refractivity contribution is -0.120. The molecule has 2 saturated heterocycles. The zero-order valence-electron chi connectivity index (χ0n) is 9.45. The molecule has 1 aliphatic carbocycles. The largest absolute Gasteiger partial charge is 0.299 e. The van der Waals surface area contributed by atoms with E-state index in [-0.39, 0.29) is 0 Å². The Morgan fingerprint density at radius 1 is 1.07 bits per heavy atom. The van der Waals surface area contributed by atoms with Crippen molar-refractivity contribution in [1.82, 2.24) is 4.90 Å². The average molecular weight is 207 g/mol. The quantitative estimate of drug-likeness (QED) is 0.708. The number of carbonyl (C=O) groups excluding carboxylic acids is 1. The molecule has 0 aromatic rings. The van der Waals surface area contributed by atoms with E-state index in [1.165, 1.54) is 38.6 Å². The van der Waals surface area contributed by atoms with Crippen LogP contribution >= 0.6 is 0 Å². The van der Waals surface area contributed by atoms with Gasteiger partial charge in [0.25, 0.3) is 0 Å². The van der Waals surface area contributed by atoms with Gasteiger partial charge in [0.15, 0.2) is 0 Å². The first-order valence-corrected chi connectivity index (χ1v) is 6.63. The van der Waals surface area contributed by atoms with Gasteiger partial charge in [-0.25, -0.2) is 0 Å². The number of nitrogens with zero attached hydrogens (tertiary/aromatic N) is 1. The summed E-state index contributed by atoms with van der Waals surface area (Å²) >= 11 is 0. The van der Waals surface area contributed by atoms with Crippen LogP contribution < -0.4 is 0 Å². The SMILES string of the molecule is O=C1CCCC1CCN1C2CCC1CC2. The van der Waals surface area contributed by atoms with Crippen LogP contribution in [0.25, 0.3) is 0 Å². The summed E-state index contributed by atoms with van der Waals surface area (Å²) in [6.07, 6.45) is 10.0. The van der Waals surface area contributed by atoms with Crippen LogP contribution in [0.2, 0.25) is 0 Å². The Balaban J connectivity index is 1.52. The van der Waals surface area contributed by atoms with E-state index in [2.05, 4.69) is 4.90 Å². The summed E-state index contributed by atoms with van der Waals surface area (Å²) in [5, 5.41) is 0. The van der Waals surface area contributed by atoms with Gasteiger partial charge in [0, 0.05) is 24.4 Å². The molecule has 2 nitrogen and oxygen atoms in total. The lowest BCUT2D eigenvalue weighted by Gasteiger charge is -2.22. The second kappa shape index (κ2) is 3.89. The van der Waals surface area contributed by atoms with Crippen molar-refractivity contribution in [2.45, 2.75) is 63.5 Å². The molecule has 15 heavy (non-hydrogen) atoms. The summed E-state index contributed by atoms with van der Waals surface area (Å²) in [6.45, 7) is 1.20. The van der Waals surface area contributed by atoms with Gasteiger partial charge in [-0.15, -0.1) is 0 Å². The number of hydrogen-bond acceptors (Lipinski definition) is 2. The molecule has 0 radical (unpaired) electrons. The maximum Gasteiger partial charge on any atom is 0.136 e. The summed E-state index contributed by atoms with van der Waals surface area (Å²) in [5.74, 6) is 0.964. The molecule has 0 spiro atoms. The molecule has 2 heteroatoms. The Labute approximate surface area is 92.0 Å². The van der Waals surface area contributed by atoms with Crippen LogP contribution in [0, 0.1) is 5.92 Å². The van der Waals surface area contributed by atoms with Crippen molar-refractivity contribution < 1.29 is 4.79 Å². The molecule has 0 aromatic heterocycles. The molecule has 1 atom stereocenters. The van der Waals surface area contributed by atoms with Crippen LogP contribution in [0.15, 0.2) is 0 Å². The predicted octanol–water partition coefficient (Wildman–Crippen LogP) is 2.37. The minimum atomic E-state index is 0.421. The Bertz CT molecular complexity index is 243. The Morgan fingerprint density at radius 3 is 2.27 bits per heavy atom. The smallest absolute Gasteiger partial charge is 0.136 e. The Morgan fingerprint density at radius 2 is 1.73 bits per heavy atom. The van der Waals surface area contributed by atoms with Crippen molar-refractivity contribution in [3.05, 3.63) is 0 Å². The zero-order valence-corrected chi connectivity index (χ0v) is 9.45. The highest BCUT2D eigenvalue weighted by Crippen LogP contribution is 2.38. The number of Topliss-reactive ketones (excluding diaryl/α,β-unsaturated/α-hetero) is 1. The second-order valence-electron chi connectivity index (χ2n) is 5.54. The first-order valence-electron chi connectivity index (χ1n) is 6.63. The van der Waals surface area contributed by atoms with Crippen molar-refractivity contribution >= 4 is 5.78 Å². The lowest BCUT2D eigenvalue weighted by atomic mass is 10.0. The van der Waals surface area contributed by atoms with Gasteiger partial charge in [-0.3, -0.25) is 9.69 Å². The van der Waals surface area contributed by atoms with Crippen molar-refractivity contribution in [2.24, 2.45) is 5.92 Å². The second-order valence-corrected chi connectivity index (χ2v) is 5.54. The fourth-order valence-corrected chi connectivity index (χ4v) is 3.88. The van der Waals surface area contributed by atoms with Gasteiger partial charge >= 0.3 is 0 Å². The van der Waals surface area contributed by atoms with E-state index < -0.39 is 0 Å². The third-order valence-electron chi connectivity index (χ3n) is 4.77. The first-order chi connectivity index (χ1) is 7.34. The highest BCUT2D eigenvalue weighted by Gasteiger charge is 2.39. The van der Waals surface area contributed by atoms with Gasteiger partial charge < -0.3 is 0 Å². The molecule has 3 rings (SSSR count). The van der Waals surface area contributed by atoms with Gasteiger partial charge in [0.2, 0.25) is 0 Å². The summed E-state index contributed by atoms with van der Waals surface area (Å²) in [7, 11) is 0. The molecule has 3 aliphatic rings. The number of ketones is 1. The summed E-state index contributed by atoms with van der Waals surface area (Å²) in [4.78, 5) is 14.2. The molecule has 84 valence electrons. The molecule has 2 bridgehead atoms. The van der Waals surface area contributed by atoms with E-state index in [1.54, 1.807) is 0 Å². The average Bonchev–Trinajstić information content (AvgIpc) is 2.91. The van der Waals surface area contributed by atoms with Crippen LogP contribution in [0.1, 0.15) is 51.4 Å². The van der Waals surface area contributed by atoms with Gasteiger partial charge in [-0.1, -0.05) is 0 Å². The highest BCUT2D eigenvalue weighted by atomic mass is 16.1. The fourth-order valence-electron chi connectivity index (χ4n) is 3.88. The molecule has 3 fully saturated rings. The zero-order chi connectivity index (χ0) is 10.3. The maximum atomic E-state index is 11.5. The van der Waals surface area contributed by atoms with E-state index in [1.807, 2.05) is 0 Å². The molecular formula is C13H21NO. The van der Waals surface area contributed by atoms with Crippen LogP contribution in [0.5, 0.6) is 0 Å². The fraction of sp³-hybridized carbons (Fsp3) is 0.923. The highest BCUT2D eigenvalue weighted by molar-refractivity contribution is 5.82. The van der Waals surface area contributed by atoms with Crippen LogP contribution in [0.3, 0.4) is 0 Å². The van der Waals surface area contributed by atoms with E-state index >= 15 is 0 Å². The molecule has 2 heterocycles. The molecule has 0 N–H and O–H groups in total. The van der Waals surface area contributed by atoms with Crippen molar-refractivity contribution in [2.75, 3.05) is 6.54 Å². The van der Waals surface area contributed by atoms with Crippen molar-refractivity contribution in [3.63, 3.8) is 0 Å². The van der Waals surface area contributed by atoms with E-state index in [0.717, 1.165) is 31.3 Å². The lowest BCUT2D eigenvalue weighted by Crippen LogP contribution is -2.31. The van der Waals surface area contributed by atoms with E-state index in [4.69, 9.17) is 0 Å². The monoisotopic (exact) mass is 207 g/mol. The molecule has 0 amide bonds.